The van der Waals surface area contributed by atoms with Gasteiger partial charge in [-0.25, -0.2) is 23.1 Å². The van der Waals surface area contributed by atoms with Crippen molar-refractivity contribution in [1.29, 1.82) is 0 Å². The Morgan fingerprint density at radius 3 is 1.71 bits per heavy atom. The Morgan fingerprint density at radius 2 is 1.17 bits per heavy atom. The van der Waals surface area contributed by atoms with Gasteiger partial charge in [-0.1, -0.05) is 26.0 Å². The number of aromatic amines is 4. The van der Waals surface area contributed by atoms with E-state index in [2.05, 4.69) is 73.5 Å². The Hall–Kier alpha value is -7.63. The number of alkyl halides is 2. The highest BCUT2D eigenvalue weighted by Gasteiger charge is 2.34. The van der Waals surface area contributed by atoms with E-state index in [0.717, 1.165) is 80.6 Å². The molecule has 4 N–H and O–H groups in total. The summed E-state index contributed by atoms with van der Waals surface area (Å²) in [5.41, 5.74) is 11.5. The molecular weight excluding hydrogens is 832 g/mol. The SMILES string of the molecule is CC.Cn1cc(-c2cc3c(-c4nc5c(N6CCCCC6)cccc5[nH]4)n[nH]c3cn2)cn1.Fc1cncc(-c2cc3c(-c4nc5c(N6CCC(F)(F)CC6)cccc5[nH]4)n[nH]c3cn2)c1. The molecule has 0 bridgehead atoms. The Bertz CT molecular complexity index is 3270. The second-order valence-corrected chi connectivity index (χ2v) is 16.1. The van der Waals surface area contributed by atoms with Crippen LogP contribution >= 0.6 is 0 Å². The molecule has 0 radical (unpaired) electrons. The molecule has 18 heteroatoms. The van der Waals surface area contributed by atoms with Crippen LogP contribution in [0.3, 0.4) is 0 Å². The monoisotopic (exact) mass is 877 g/mol. The number of nitrogens with zero attached hydrogens (tertiary/aromatic N) is 11. The highest BCUT2D eigenvalue weighted by molar-refractivity contribution is 5.98. The maximum absolute atomic E-state index is 13.6. The average Bonchev–Trinajstić information content (AvgIpc) is 4.19. The topological polar surface area (TPSA) is 178 Å². The van der Waals surface area contributed by atoms with Crippen LogP contribution in [0.4, 0.5) is 24.5 Å². The highest BCUT2D eigenvalue weighted by atomic mass is 19.3. The molecule has 0 aliphatic carbocycles. The van der Waals surface area contributed by atoms with E-state index in [1.165, 1.54) is 31.0 Å². The fraction of sp³-hybridized carbons (Fsp3) is 0.277. The fourth-order valence-electron chi connectivity index (χ4n) is 8.59. The number of fused-ring (bicyclic) bond motifs is 4. The molecule has 0 spiro atoms. The number of pyridine rings is 3. The number of aryl methyl sites for hydroxylation is 1. The quantitative estimate of drug-likeness (QED) is 0.126. The summed E-state index contributed by atoms with van der Waals surface area (Å²) in [5, 5.41) is 21.0. The van der Waals surface area contributed by atoms with Gasteiger partial charge >= 0.3 is 0 Å². The number of rotatable bonds is 6. The first-order chi connectivity index (χ1) is 31.7. The van der Waals surface area contributed by atoms with Crippen LogP contribution in [-0.2, 0) is 7.05 Å². The van der Waals surface area contributed by atoms with Crippen LogP contribution in [0.2, 0.25) is 0 Å². The Balaban J connectivity index is 0.000000148. The second-order valence-electron chi connectivity index (χ2n) is 16.1. The standard InChI is InChI=1S/C23H18F3N7.C22H22N8.C2H6/c24-14-8-13(10-27-11-14)17-9-15-18(12-28-17)31-32-20(15)22-29-16-2-1-3-19(21(16)30-22)33-6-4-23(25,26)5-7-33;1-29-13-14(11-24-29)17-10-15-18(12-23-17)27-28-20(15)22-25-16-6-5-7-19(21(16)26-22)30-8-3-2-4-9-30;1-2/h1-3,8-12H,4-7H2,(H,29,30)(H,31,32);5-7,10-13H,2-4,8-9H2,1H3,(H,25,26)(H,27,28);1-2H3. The summed E-state index contributed by atoms with van der Waals surface area (Å²) in [6.07, 6.45) is 13.4. The van der Waals surface area contributed by atoms with Crippen LogP contribution in [0.15, 0.2) is 91.8 Å². The molecule has 10 heterocycles. The van der Waals surface area contributed by atoms with Crippen molar-refractivity contribution >= 4 is 55.2 Å². The molecule has 2 saturated heterocycles. The van der Waals surface area contributed by atoms with E-state index in [4.69, 9.17) is 9.97 Å². The van der Waals surface area contributed by atoms with Crippen molar-refractivity contribution in [2.24, 2.45) is 7.05 Å². The largest absolute Gasteiger partial charge is 0.370 e. The van der Waals surface area contributed by atoms with Crippen molar-refractivity contribution in [2.75, 3.05) is 36.0 Å². The number of hydrogen-bond acceptors (Lipinski definition) is 10. The summed E-state index contributed by atoms with van der Waals surface area (Å²) in [6, 6.07) is 17.3. The summed E-state index contributed by atoms with van der Waals surface area (Å²) >= 11 is 0. The number of imidazole rings is 2. The molecule has 2 fully saturated rings. The van der Waals surface area contributed by atoms with Crippen molar-refractivity contribution in [1.82, 2.24) is 65.1 Å². The van der Waals surface area contributed by atoms with Crippen LogP contribution < -0.4 is 9.80 Å². The Kier molecular flexibility index (Phi) is 10.9. The zero-order valence-corrected chi connectivity index (χ0v) is 36.1. The Labute approximate surface area is 370 Å². The van der Waals surface area contributed by atoms with Crippen LogP contribution in [0.5, 0.6) is 0 Å². The zero-order valence-electron chi connectivity index (χ0n) is 36.1. The number of anilines is 2. The Morgan fingerprint density at radius 1 is 0.615 bits per heavy atom. The van der Waals surface area contributed by atoms with Gasteiger partial charge in [-0.05, 0) is 61.7 Å². The van der Waals surface area contributed by atoms with Gasteiger partial charge in [0.05, 0.1) is 69.6 Å². The first-order valence-electron chi connectivity index (χ1n) is 21.9. The highest BCUT2D eigenvalue weighted by Crippen LogP contribution is 2.36. The lowest BCUT2D eigenvalue weighted by molar-refractivity contribution is -0.0220. The number of para-hydroxylation sites is 2. The smallest absolute Gasteiger partial charge is 0.251 e. The summed E-state index contributed by atoms with van der Waals surface area (Å²) in [4.78, 5) is 33.7. The van der Waals surface area contributed by atoms with E-state index in [-0.39, 0.29) is 25.9 Å². The van der Waals surface area contributed by atoms with Gasteiger partial charge in [-0.3, -0.25) is 29.8 Å². The van der Waals surface area contributed by atoms with Gasteiger partial charge in [0.25, 0.3) is 5.92 Å². The van der Waals surface area contributed by atoms with Gasteiger partial charge in [0.15, 0.2) is 11.6 Å². The number of nitrogens with one attached hydrogen (secondary N) is 4. The van der Waals surface area contributed by atoms with Gasteiger partial charge < -0.3 is 19.8 Å². The molecule has 330 valence electrons. The predicted octanol–water partition coefficient (Wildman–Crippen LogP) is 9.86. The maximum Gasteiger partial charge on any atom is 0.251 e. The van der Waals surface area contributed by atoms with E-state index in [0.29, 0.717) is 33.8 Å². The van der Waals surface area contributed by atoms with Crippen LogP contribution in [0.1, 0.15) is 46.0 Å². The van der Waals surface area contributed by atoms with Crippen LogP contribution in [0, 0.1) is 5.82 Å². The third kappa shape index (κ3) is 8.11. The molecule has 0 amide bonds. The second kappa shape index (κ2) is 17.2. The third-order valence-corrected chi connectivity index (χ3v) is 11.9. The average molecular weight is 878 g/mol. The molecule has 2 aliphatic rings. The van der Waals surface area contributed by atoms with Crippen LogP contribution in [-0.4, -0.2) is 97.2 Å². The van der Waals surface area contributed by atoms with Gasteiger partial charge in [-0.15, -0.1) is 0 Å². The predicted molar refractivity (Wildman–Crippen MR) is 247 cm³/mol. The van der Waals surface area contributed by atoms with Gasteiger partial charge in [-0.2, -0.15) is 15.3 Å². The van der Waals surface area contributed by atoms with Crippen molar-refractivity contribution in [3.63, 3.8) is 0 Å². The minimum Gasteiger partial charge on any atom is -0.370 e. The van der Waals surface area contributed by atoms with Crippen molar-refractivity contribution < 1.29 is 13.2 Å². The van der Waals surface area contributed by atoms with E-state index in [1.807, 2.05) is 74.7 Å². The summed E-state index contributed by atoms with van der Waals surface area (Å²) < 4.78 is 42.7. The normalized spacial score (nSPS) is 15.0. The van der Waals surface area contributed by atoms with Gasteiger partial charge in [0.1, 0.15) is 28.2 Å². The lowest BCUT2D eigenvalue weighted by Crippen LogP contribution is -2.39. The number of benzene rings is 2. The first-order valence-corrected chi connectivity index (χ1v) is 21.9. The van der Waals surface area contributed by atoms with Crippen molar-refractivity contribution in [3.05, 3.63) is 97.6 Å². The molecule has 15 nitrogen and oxygen atoms in total. The van der Waals surface area contributed by atoms with E-state index in [9.17, 15) is 13.2 Å². The maximum atomic E-state index is 13.6. The molecule has 0 saturated carbocycles. The minimum atomic E-state index is -2.61. The van der Waals surface area contributed by atoms with E-state index in [1.54, 1.807) is 17.1 Å². The molecule has 8 aromatic heterocycles. The lowest BCUT2D eigenvalue weighted by Gasteiger charge is -2.33. The summed E-state index contributed by atoms with van der Waals surface area (Å²) in [5.74, 6) is -1.75. The van der Waals surface area contributed by atoms with Gasteiger partial charge in [0, 0.05) is 80.4 Å². The molecular formula is C47H46F3N15. The third-order valence-electron chi connectivity index (χ3n) is 11.9. The minimum absolute atomic E-state index is 0.171. The molecule has 0 atom stereocenters. The molecule has 0 unspecified atom stereocenters. The number of H-pyrrole nitrogens is 4. The number of halogens is 3. The zero-order chi connectivity index (χ0) is 44.7. The van der Waals surface area contributed by atoms with E-state index >= 15 is 0 Å². The number of hydrogen-bond donors (Lipinski definition) is 4. The summed E-state index contributed by atoms with van der Waals surface area (Å²) in [7, 11) is 1.90. The molecule has 65 heavy (non-hydrogen) atoms. The molecule has 10 aromatic rings. The molecule has 2 aliphatic heterocycles. The lowest BCUT2D eigenvalue weighted by atomic mass is 10.1. The van der Waals surface area contributed by atoms with Gasteiger partial charge in [0.2, 0.25) is 0 Å². The van der Waals surface area contributed by atoms with Crippen molar-refractivity contribution in [3.8, 4) is 45.6 Å². The first kappa shape index (κ1) is 41.4. The number of piperidine rings is 2. The fourth-order valence-corrected chi connectivity index (χ4v) is 8.59. The molecule has 2 aromatic carbocycles. The van der Waals surface area contributed by atoms with E-state index < -0.39 is 11.7 Å². The molecule has 12 rings (SSSR count). The number of aromatic nitrogens is 13. The van der Waals surface area contributed by atoms with Crippen LogP contribution in [0.25, 0.3) is 89.4 Å². The summed E-state index contributed by atoms with van der Waals surface area (Å²) in [6.45, 7) is 6.73. The van der Waals surface area contributed by atoms with Crippen molar-refractivity contribution in [2.45, 2.75) is 51.9 Å².